The molecule has 90 valence electrons. The van der Waals surface area contributed by atoms with Crippen LogP contribution in [0.3, 0.4) is 0 Å². The highest BCUT2D eigenvalue weighted by atomic mass is 35.5. The van der Waals surface area contributed by atoms with Crippen molar-refractivity contribution in [3.05, 3.63) is 29.3 Å². The van der Waals surface area contributed by atoms with Gasteiger partial charge >= 0.3 is 0 Å². The Morgan fingerprint density at radius 1 is 1.31 bits per heavy atom. The molecule has 0 heterocycles. The Morgan fingerprint density at radius 2 is 1.88 bits per heavy atom. The van der Waals surface area contributed by atoms with Crippen LogP contribution in [-0.2, 0) is 10.0 Å². The monoisotopic (exact) mass is 262 g/mol. The van der Waals surface area contributed by atoms with Gasteiger partial charge in [0.05, 0.1) is 11.4 Å². The Bertz CT molecular complexity index is 431. The molecule has 0 aromatic heterocycles. The maximum absolute atomic E-state index is 11.9. The van der Waals surface area contributed by atoms with E-state index < -0.39 is 10.0 Å². The van der Waals surface area contributed by atoms with Crippen molar-refractivity contribution in [1.82, 2.24) is 0 Å². The predicted molar refractivity (Wildman–Crippen MR) is 67.3 cm³/mol. The van der Waals surface area contributed by atoms with Crippen molar-refractivity contribution in [2.75, 3.05) is 23.1 Å². The van der Waals surface area contributed by atoms with Crippen LogP contribution < -0.4 is 10.0 Å². The highest BCUT2D eigenvalue weighted by molar-refractivity contribution is 7.92. The summed E-state index contributed by atoms with van der Waals surface area (Å²) in [6.45, 7) is 2.28. The summed E-state index contributed by atoms with van der Waals surface area (Å²) in [5.41, 5.74) is 5.89. The fraction of sp³-hybridized carbons (Fsp3) is 0.400. The molecule has 0 aliphatic carbocycles. The molecule has 6 heteroatoms. The van der Waals surface area contributed by atoms with Gasteiger partial charge in [-0.25, -0.2) is 8.42 Å². The van der Waals surface area contributed by atoms with E-state index in [-0.39, 0.29) is 12.3 Å². The van der Waals surface area contributed by atoms with Gasteiger partial charge in [-0.3, -0.25) is 4.31 Å². The normalized spacial score (nSPS) is 11.4. The fourth-order valence-corrected chi connectivity index (χ4v) is 2.89. The Balaban J connectivity index is 3.03. The van der Waals surface area contributed by atoms with Crippen LogP contribution in [-0.4, -0.2) is 27.3 Å². The summed E-state index contributed by atoms with van der Waals surface area (Å²) < 4.78 is 25.0. The molecular weight excluding hydrogens is 248 g/mol. The van der Waals surface area contributed by atoms with Crippen LogP contribution >= 0.6 is 11.6 Å². The van der Waals surface area contributed by atoms with E-state index in [1.807, 2.05) is 0 Å². The quantitative estimate of drug-likeness (QED) is 0.874. The molecule has 0 radical (unpaired) electrons. The third-order valence-corrected chi connectivity index (χ3v) is 4.26. The number of anilines is 1. The zero-order valence-corrected chi connectivity index (χ0v) is 10.6. The van der Waals surface area contributed by atoms with Gasteiger partial charge in [0.1, 0.15) is 0 Å². The SMILES string of the molecule is CCN(c1ccc(Cl)cc1)S(=O)(=O)CCN. The first kappa shape index (κ1) is 13.3. The molecule has 0 aliphatic heterocycles. The maximum atomic E-state index is 11.9. The van der Waals surface area contributed by atoms with Gasteiger partial charge in [-0.05, 0) is 31.2 Å². The van der Waals surface area contributed by atoms with E-state index in [1.54, 1.807) is 31.2 Å². The summed E-state index contributed by atoms with van der Waals surface area (Å²) in [4.78, 5) is 0. The number of sulfonamides is 1. The van der Waals surface area contributed by atoms with Gasteiger partial charge in [0.2, 0.25) is 10.0 Å². The van der Waals surface area contributed by atoms with E-state index >= 15 is 0 Å². The smallest absolute Gasteiger partial charge is 0.236 e. The zero-order valence-electron chi connectivity index (χ0n) is 9.06. The molecule has 1 aromatic carbocycles. The summed E-state index contributed by atoms with van der Waals surface area (Å²) in [6, 6.07) is 6.69. The maximum Gasteiger partial charge on any atom is 0.236 e. The minimum absolute atomic E-state index is 0.0521. The number of hydrogen-bond donors (Lipinski definition) is 1. The average Bonchev–Trinajstić information content (AvgIpc) is 2.21. The molecule has 16 heavy (non-hydrogen) atoms. The Kier molecular flexibility index (Phi) is 4.58. The number of nitrogens with zero attached hydrogens (tertiary/aromatic N) is 1. The van der Waals surface area contributed by atoms with E-state index in [4.69, 9.17) is 17.3 Å². The number of rotatable bonds is 5. The third kappa shape index (κ3) is 3.10. The minimum atomic E-state index is -3.32. The molecule has 0 spiro atoms. The minimum Gasteiger partial charge on any atom is -0.329 e. The summed E-state index contributed by atoms with van der Waals surface area (Å²) >= 11 is 5.75. The largest absolute Gasteiger partial charge is 0.329 e. The Morgan fingerprint density at radius 3 is 2.31 bits per heavy atom. The topological polar surface area (TPSA) is 63.4 Å². The first-order valence-corrected chi connectivity index (χ1v) is 6.96. The molecule has 0 atom stereocenters. The summed E-state index contributed by atoms with van der Waals surface area (Å²) in [5, 5.41) is 0.580. The lowest BCUT2D eigenvalue weighted by Gasteiger charge is -2.22. The second kappa shape index (κ2) is 5.52. The van der Waals surface area contributed by atoms with Gasteiger partial charge in [0, 0.05) is 18.1 Å². The van der Waals surface area contributed by atoms with E-state index in [1.165, 1.54) is 4.31 Å². The van der Waals surface area contributed by atoms with E-state index in [0.717, 1.165) is 0 Å². The molecule has 0 fully saturated rings. The molecule has 1 aromatic rings. The van der Waals surface area contributed by atoms with Gasteiger partial charge in [0.25, 0.3) is 0 Å². The van der Waals surface area contributed by atoms with Crippen LogP contribution in [0.1, 0.15) is 6.92 Å². The lowest BCUT2D eigenvalue weighted by Crippen LogP contribution is -2.35. The Hall–Kier alpha value is -0.780. The van der Waals surface area contributed by atoms with Crippen molar-refractivity contribution in [2.24, 2.45) is 5.73 Å². The highest BCUT2D eigenvalue weighted by Gasteiger charge is 2.19. The molecule has 0 saturated heterocycles. The fourth-order valence-electron chi connectivity index (χ4n) is 1.41. The van der Waals surface area contributed by atoms with Crippen molar-refractivity contribution < 1.29 is 8.42 Å². The molecular formula is C10H15ClN2O2S. The number of benzene rings is 1. The van der Waals surface area contributed by atoms with Crippen molar-refractivity contribution >= 4 is 27.3 Å². The molecule has 2 N–H and O–H groups in total. The van der Waals surface area contributed by atoms with Crippen LogP contribution in [0.25, 0.3) is 0 Å². The van der Waals surface area contributed by atoms with Gasteiger partial charge in [-0.2, -0.15) is 0 Å². The van der Waals surface area contributed by atoms with Crippen LogP contribution in [0.15, 0.2) is 24.3 Å². The van der Waals surface area contributed by atoms with E-state index in [9.17, 15) is 8.42 Å². The lowest BCUT2D eigenvalue weighted by atomic mass is 10.3. The lowest BCUT2D eigenvalue weighted by molar-refractivity contribution is 0.591. The summed E-state index contributed by atoms with van der Waals surface area (Å²) in [7, 11) is -3.32. The van der Waals surface area contributed by atoms with Crippen molar-refractivity contribution in [2.45, 2.75) is 6.92 Å². The van der Waals surface area contributed by atoms with Gasteiger partial charge in [0.15, 0.2) is 0 Å². The molecule has 1 rings (SSSR count). The van der Waals surface area contributed by atoms with Crippen LogP contribution in [0.2, 0.25) is 5.02 Å². The number of halogens is 1. The van der Waals surface area contributed by atoms with Crippen molar-refractivity contribution in [1.29, 1.82) is 0 Å². The second-order valence-electron chi connectivity index (χ2n) is 3.25. The van der Waals surface area contributed by atoms with Crippen molar-refractivity contribution in [3.8, 4) is 0 Å². The number of hydrogen-bond acceptors (Lipinski definition) is 3. The zero-order chi connectivity index (χ0) is 12.2. The first-order chi connectivity index (χ1) is 7.51. The van der Waals surface area contributed by atoms with E-state index in [2.05, 4.69) is 0 Å². The summed E-state index contributed by atoms with van der Waals surface area (Å²) in [6.07, 6.45) is 0. The predicted octanol–water partition coefficient (Wildman–Crippen LogP) is 1.45. The van der Waals surface area contributed by atoms with Crippen LogP contribution in [0, 0.1) is 0 Å². The van der Waals surface area contributed by atoms with Gasteiger partial charge in [-0.1, -0.05) is 11.6 Å². The van der Waals surface area contributed by atoms with Gasteiger partial charge in [-0.15, -0.1) is 0 Å². The van der Waals surface area contributed by atoms with Crippen molar-refractivity contribution in [3.63, 3.8) is 0 Å². The molecule has 4 nitrogen and oxygen atoms in total. The standard InChI is InChI=1S/C10H15ClN2O2S/c1-2-13(16(14,15)8-7-12)10-5-3-9(11)4-6-10/h3-6H,2,7-8,12H2,1H3. The molecule has 0 unspecified atom stereocenters. The summed E-state index contributed by atoms with van der Waals surface area (Å²) in [5.74, 6) is -0.0521. The average molecular weight is 263 g/mol. The van der Waals surface area contributed by atoms with Gasteiger partial charge < -0.3 is 5.73 Å². The second-order valence-corrected chi connectivity index (χ2v) is 5.70. The molecule has 0 saturated carbocycles. The highest BCUT2D eigenvalue weighted by Crippen LogP contribution is 2.20. The number of nitrogens with two attached hydrogens (primary N) is 1. The van der Waals surface area contributed by atoms with Crippen LogP contribution in [0.4, 0.5) is 5.69 Å². The molecule has 0 amide bonds. The molecule has 0 bridgehead atoms. The van der Waals surface area contributed by atoms with Crippen LogP contribution in [0.5, 0.6) is 0 Å². The molecule has 0 aliphatic rings. The van der Waals surface area contributed by atoms with E-state index in [0.29, 0.717) is 17.3 Å². The Labute approximate surface area is 101 Å². The third-order valence-electron chi connectivity index (χ3n) is 2.11. The first-order valence-electron chi connectivity index (χ1n) is 4.97.